The van der Waals surface area contributed by atoms with E-state index in [-0.39, 0.29) is 0 Å². The summed E-state index contributed by atoms with van der Waals surface area (Å²) >= 11 is 8.97. The number of imidazole rings is 3. The van der Waals surface area contributed by atoms with E-state index in [1.807, 2.05) is 198 Å². The highest BCUT2D eigenvalue weighted by Crippen LogP contribution is 2.28. The first-order valence-electron chi connectivity index (χ1n) is 33.8. The molecular weight excluding hydrogens is 1320 g/mol. The van der Waals surface area contributed by atoms with Crippen LogP contribution in [0.2, 0.25) is 5.15 Å². The third-order valence-electron chi connectivity index (χ3n) is 15.4. The van der Waals surface area contributed by atoms with Crippen molar-refractivity contribution in [1.82, 2.24) is 64.4 Å². The summed E-state index contributed by atoms with van der Waals surface area (Å²) in [6.07, 6.45) is 15.7. The van der Waals surface area contributed by atoms with Crippen molar-refractivity contribution in [3.05, 3.63) is 282 Å². The third-order valence-corrected chi connectivity index (χ3v) is 17.4. The number of ether oxygens (including phenoxy) is 1. The minimum atomic E-state index is 0.560. The molecule has 0 bridgehead atoms. The molecule has 0 radical (unpaired) electrons. The highest BCUT2D eigenvalue weighted by atomic mass is 35.5. The van der Waals surface area contributed by atoms with Crippen molar-refractivity contribution in [2.24, 2.45) is 4.99 Å². The van der Waals surface area contributed by atoms with Crippen LogP contribution in [0.25, 0.3) is 32.7 Å². The van der Waals surface area contributed by atoms with Gasteiger partial charge in [-0.1, -0.05) is 103 Å². The number of methoxy groups -OCH3 is 1. The molecule has 0 saturated heterocycles. The van der Waals surface area contributed by atoms with Gasteiger partial charge in [-0.25, -0.2) is 44.9 Å². The van der Waals surface area contributed by atoms with Crippen LogP contribution >= 0.6 is 34.3 Å². The van der Waals surface area contributed by atoms with Crippen LogP contribution in [0.4, 0.5) is 5.69 Å². The molecule has 14 aromatic rings. The Morgan fingerprint density at radius 2 is 1.24 bits per heavy atom. The number of rotatable bonds is 3. The summed E-state index contributed by atoms with van der Waals surface area (Å²) in [6.45, 7) is 30.8. The Labute approximate surface area is 608 Å². The van der Waals surface area contributed by atoms with Crippen molar-refractivity contribution in [1.29, 1.82) is 0 Å². The van der Waals surface area contributed by atoms with Crippen LogP contribution in [-0.4, -0.2) is 77.2 Å². The second kappa shape index (κ2) is 40.9. The molecule has 2 aliphatic carbocycles. The van der Waals surface area contributed by atoms with E-state index < -0.39 is 0 Å². The number of aliphatic imine (C=N–C) groups is 1. The van der Waals surface area contributed by atoms with E-state index in [1.54, 1.807) is 48.3 Å². The van der Waals surface area contributed by atoms with E-state index >= 15 is 0 Å². The van der Waals surface area contributed by atoms with Crippen molar-refractivity contribution in [2.45, 2.75) is 155 Å². The first kappa shape index (κ1) is 78.3. The van der Waals surface area contributed by atoms with Gasteiger partial charge < -0.3 is 28.1 Å². The van der Waals surface area contributed by atoms with Gasteiger partial charge in [-0.15, -0.1) is 22.7 Å². The highest BCUT2D eigenvalue weighted by Gasteiger charge is 2.19. The number of para-hydroxylation sites is 4. The Bertz CT molecular complexity index is 4420. The Hall–Kier alpha value is -10.1. The van der Waals surface area contributed by atoms with Gasteiger partial charge in [-0.3, -0.25) is 9.98 Å². The number of oxazole rings is 2. The number of aromatic nitrogens is 13. The zero-order chi connectivity index (χ0) is 72.6. The van der Waals surface area contributed by atoms with E-state index in [2.05, 4.69) is 128 Å². The Morgan fingerprint density at radius 1 is 0.574 bits per heavy atom. The number of benzene rings is 4. The Kier molecular flexibility index (Phi) is 31.7. The molecule has 526 valence electrons. The number of fused-ring (bicyclic) bond motifs is 5. The fourth-order valence-electron chi connectivity index (χ4n) is 10.6. The largest absolute Gasteiger partial charge is 0.481 e. The number of hydrogen-bond donors (Lipinski definition) is 2. The number of aryl methyl sites for hydroxylation is 16. The predicted octanol–water partition coefficient (Wildman–Crippen LogP) is 20.6. The van der Waals surface area contributed by atoms with Gasteiger partial charge >= 0.3 is 0 Å². The van der Waals surface area contributed by atoms with Gasteiger partial charge in [0.2, 0.25) is 5.88 Å². The van der Waals surface area contributed by atoms with Gasteiger partial charge in [0.25, 0.3) is 0 Å². The lowest BCUT2D eigenvalue weighted by Crippen LogP contribution is -1.98. The summed E-state index contributed by atoms with van der Waals surface area (Å²) in [5.41, 5.74) is 21.2. The number of thiazole rings is 2. The zero-order valence-electron chi connectivity index (χ0n) is 61.2. The molecule has 10 aromatic heterocycles. The molecule has 20 heteroatoms. The number of nitrogens with zero attached hydrogens (tertiary/aromatic N) is 12. The monoisotopic (exact) mass is 1410 g/mol. The number of H-pyrrole nitrogens is 2. The number of pyridine rings is 3. The van der Waals surface area contributed by atoms with Crippen molar-refractivity contribution >= 4 is 67.0 Å². The third kappa shape index (κ3) is 26.8. The maximum atomic E-state index is 5.53. The summed E-state index contributed by atoms with van der Waals surface area (Å²) in [4.78, 5) is 52.2. The fourth-order valence-corrected chi connectivity index (χ4v) is 12.3. The zero-order valence-corrected chi connectivity index (χ0v) is 63.6. The summed E-state index contributed by atoms with van der Waals surface area (Å²) in [5, 5.41) is 4.90. The molecule has 1 aliphatic heterocycles. The number of hydrogen-bond acceptors (Lipinski definition) is 16. The van der Waals surface area contributed by atoms with Gasteiger partial charge in [0.05, 0.1) is 44.4 Å². The number of nitrogens with one attached hydrogen (secondary N) is 2. The average Bonchev–Trinajstić information content (AvgIpc) is 1.68. The smallest absolute Gasteiger partial charge is 0.213 e. The normalized spacial score (nSPS) is 11.4. The second-order valence-electron chi connectivity index (χ2n) is 23.9. The van der Waals surface area contributed by atoms with E-state index in [1.165, 1.54) is 82.7 Å². The fraction of sp³-hybridized carbons (Fsp3) is 0.296. The first-order chi connectivity index (χ1) is 48.6. The second-order valence-corrected chi connectivity index (χ2v) is 26.6. The lowest BCUT2D eigenvalue weighted by molar-refractivity contribution is 0.397. The molecule has 0 fully saturated rings. The molecule has 4 aromatic carbocycles. The van der Waals surface area contributed by atoms with Crippen molar-refractivity contribution in [3.63, 3.8) is 0 Å². The first-order valence-corrected chi connectivity index (χ1v) is 35.8. The van der Waals surface area contributed by atoms with Crippen LogP contribution in [0.1, 0.15) is 128 Å². The summed E-state index contributed by atoms with van der Waals surface area (Å²) in [5.74, 6) is 5.16. The number of aromatic amines is 2. The van der Waals surface area contributed by atoms with Crippen molar-refractivity contribution < 1.29 is 13.6 Å². The van der Waals surface area contributed by atoms with Crippen LogP contribution in [0.3, 0.4) is 0 Å². The molecule has 17 nitrogen and oxygen atoms in total. The van der Waals surface area contributed by atoms with E-state index in [0.717, 1.165) is 114 Å². The molecule has 0 spiro atoms. The van der Waals surface area contributed by atoms with Crippen LogP contribution in [-0.2, 0) is 38.6 Å². The minimum absolute atomic E-state index is 0.560. The van der Waals surface area contributed by atoms with Gasteiger partial charge in [0.15, 0.2) is 17.4 Å². The molecule has 2 N–H and O–H groups in total. The van der Waals surface area contributed by atoms with E-state index in [4.69, 9.17) is 30.2 Å². The maximum Gasteiger partial charge on any atom is 0.213 e. The molecule has 0 atom stereocenters. The molecule has 11 heterocycles. The van der Waals surface area contributed by atoms with Crippen molar-refractivity contribution in [2.75, 3.05) is 7.11 Å². The molecule has 0 unspecified atom stereocenters. The van der Waals surface area contributed by atoms with Crippen molar-refractivity contribution in [3.8, 4) is 17.3 Å². The summed E-state index contributed by atoms with van der Waals surface area (Å²) in [6, 6.07) is 47.9. The van der Waals surface area contributed by atoms with Crippen LogP contribution in [0.15, 0.2) is 190 Å². The van der Waals surface area contributed by atoms with Gasteiger partial charge in [0, 0.05) is 108 Å². The average molecular weight is 1410 g/mol. The summed E-state index contributed by atoms with van der Waals surface area (Å²) < 4.78 is 18.5. The van der Waals surface area contributed by atoms with Gasteiger partial charge in [0.1, 0.15) is 34.4 Å². The Morgan fingerprint density at radius 3 is 1.71 bits per heavy atom. The topological polar surface area (TPSA) is 213 Å². The molecule has 0 saturated carbocycles. The number of halogens is 1. The molecule has 3 aliphatic rings. The Balaban J connectivity index is 0.000000157. The SMILES string of the molecule is CC1=Nc2ccccc2C1.CCn1c(C)nc(C)c1C.COc1cccc(C)n1.Cc1cccc(Cl)n1.Cc1cnc(C)[nH]1.Cc1coc(C)n1.Cc1csc(C)n1.Cc1nc2ccccc2o1.Cc1nc2ccccc2s1.c1c2c(nc3c1CCC3)CCC2.c1ccc(-c2ncc[nH]2)cc1. The van der Waals surface area contributed by atoms with Crippen LogP contribution < -0.4 is 4.74 Å². The minimum Gasteiger partial charge on any atom is -0.481 e. The molecule has 101 heavy (non-hydrogen) atoms. The van der Waals surface area contributed by atoms with Gasteiger partial charge in [-0.2, -0.15) is 0 Å². The molecule has 17 rings (SSSR count). The van der Waals surface area contributed by atoms with Gasteiger partial charge in [-0.05, 0) is 194 Å². The van der Waals surface area contributed by atoms with Crippen LogP contribution in [0, 0.1) is 90.0 Å². The quantitative estimate of drug-likeness (QED) is 0.158. The lowest BCUT2D eigenvalue weighted by atomic mass is 10.1. The standard InChI is InChI=1S/C11H13N.C9H8N2.C9H9N.C8H14N2.C8H7NO.C8H7NS.C7H9NO.C6H6ClN.C5H8N2.C5H7NO.C5H7NS/c1-3-8-7-9-4-2-6-11(9)12-10(8)5-1;1-2-4-8(5-3-1)9-10-6-7-11-9;1-7-6-8-4-2-3-5-9(8)10-7;1-5-10-7(3)6(2)9-8(10)4;2*1-6-9-7-4-2-3-5-8(7)10-6;1-6-4-3-5-7(8-6)9-2;1-5-3-2-4-6(7)8-5;1-4-3-6-5(2)7-4;2*1-4-3-7-5(2)6-4/h7H,1-6H2;1-7H,(H,10,11);2-5H,6H2,1H3;5H2,1-4H3;2*2-5H,1H3;3-5H,1-2H3;2-4H,1H3;3H,1-2H3,(H,6,7);2*3H,1-2H3. The highest BCUT2D eigenvalue weighted by molar-refractivity contribution is 7.18. The molecular formula is C81H95ClN14O3S2. The summed E-state index contributed by atoms with van der Waals surface area (Å²) in [7, 11) is 1.61. The lowest BCUT2D eigenvalue weighted by Gasteiger charge is -2.02. The van der Waals surface area contributed by atoms with Crippen LogP contribution in [0.5, 0.6) is 5.88 Å². The van der Waals surface area contributed by atoms with E-state index in [9.17, 15) is 0 Å². The molecule has 0 amide bonds. The predicted molar refractivity (Wildman–Crippen MR) is 416 cm³/mol. The maximum absolute atomic E-state index is 5.53. The van der Waals surface area contributed by atoms with E-state index in [0.29, 0.717) is 11.0 Å².